The summed E-state index contributed by atoms with van der Waals surface area (Å²) in [5, 5.41) is 12.1. The molecule has 0 aliphatic heterocycles. The maximum absolute atomic E-state index is 8.88. The molecule has 0 amide bonds. The van der Waals surface area contributed by atoms with E-state index >= 15 is 0 Å². The summed E-state index contributed by atoms with van der Waals surface area (Å²) in [6.07, 6.45) is 0. The summed E-state index contributed by atoms with van der Waals surface area (Å²) in [6.45, 7) is 8.03. The van der Waals surface area contributed by atoms with Crippen LogP contribution in [-0.2, 0) is 0 Å². The third-order valence-electron chi connectivity index (χ3n) is 1.65. The minimum absolute atomic E-state index is 0.0770. The second kappa shape index (κ2) is 3.67. The number of nitrogens with zero attached hydrogens (tertiary/aromatic N) is 2. The number of pyridine rings is 1. The van der Waals surface area contributed by atoms with Gasteiger partial charge in [-0.05, 0) is 39.8 Å². The molecule has 74 valence electrons. The van der Waals surface area contributed by atoms with E-state index in [0.717, 1.165) is 5.69 Å². The van der Waals surface area contributed by atoms with Gasteiger partial charge in [0.2, 0.25) is 0 Å². The summed E-state index contributed by atoms with van der Waals surface area (Å²) in [6, 6.07) is 5.75. The molecule has 0 spiro atoms. The quantitative estimate of drug-likeness (QED) is 0.738. The fourth-order valence-electron chi connectivity index (χ4n) is 1.10. The average molecular weight is 189 g/mol. The molecular formula is C11H15N3. The zero-order valence-electron chi connectivity index (χ0n) is 9.05. The maximum atomic E-state index is 8.88. The molecule has 14 heavy (non-hydrogen) atoms. The van der Waals surface area contributed by atoms with Gasteiger partial charge in [-0.2, -0.15) is 5.26 Å². The van der Waals surface area contributed by atoms with Gasteiger partial charge in [-0.1, -0.05) is 0 Å². The van der Waals surface area contributed by atoms with Crippen LogP contribution in [0.2, 0.25) is 0 Å². The third-order valence-corrected chi connectivity index (χ3v) is 1.65. The van der Waals surface area contributed by atoms with E-state index in [1.807, 2.05) is 33.8 Å². The SMILES string of the molecule is Cc1ccc(C#N)c(NC(C)(C)C)n1. The van der Waals surface area contributed by atoms with Crippen LogP contribution in [0.5, 0.6) is 0 Å². The summed E-state index contributed by atoms with van der Waals surface area (Å²) >= 11 is 0. The van der Waals surface area contributed by atoms with Crippen molar-refractivity contribution in [3.8, 4) is 6.07 Å². The van der Waals surface area contributed by atoms with Crippen molar-refractivity contribution in [1.82, 2.24) is 4.98 Å². The zero-order valence-corrected chi connectivity index (χ0v) is 9.05. The molecule has 1 aromatic rings. The first-order valence-corrected chi connectivity index (χ1v) is 4.58. The van der Waals surface area contributed by atoms with Crippen LogP contribution in [0, 0.1) is 18.3 Å². The summed E-state index contributed by atoms with van der Waals surface area (Å²) in [4.78, 5) is 4.30. The second-order valence-corrected chi connectivity index (χ2v) is 4.34. The molecule has 3 heteroatoms. The number of hydrogen-bond donors (Lipinski definition) is 1. The van der Waals surface area contributed by atoms with Gasteiger partial charge in [0.25, 0.3) is 0 Å². The van der Waals surface area contributed by atoms with Gasteiger partial charge in [0.05, 0.1) is 5.56 Å². The highest BCUT2D eigenvalue weighted by Gasteiger charge is 2.13. The molecule has 0 radical (unpaired) electrons. The van der Waals surface area contributed by atoms with Crippen molar-refractivity contribution in [2.45, 2.75) is 33.2 Å². The molecular weight excluding hydrogens is 174 g/mol. The van der Waals surface area contributed by atoms with Gasteiger partial charge in [-0.25, -0.2) is 4.98 Å². The number of hydrogen-bond acceptors (Lipinski definition) is 3. The highest BCUT2D eigenvalue weighted by atomic mass is 15.0. The molecule has 0 fully saturated rings. The van der Waals surface area contributed by atoms with Gasteiger partial charge in [-0.15, -0.1) is 0 Å². The first kappa shape index (κ1) is 10.5. The molecule has 0 aromatic carbocycles. The van der Waals surface area contributed by atoms with Gasteiger partial charge in [0, 0.05) is 11.2 Å². The lowest BCUT2D eigenvalue weighted by Crippen LogP contribution is -2.27. The largest absolute Gasteiger partial charge is 0.364 e. The van der Waals surface area contributed by atoms with Gasteiger partial charge in [-0.3, -0.25) is 0 Å². The van der Waals surface area contributed by atoms with Crippen molar-refractivity contribution >= 4 is 5.82 Å². The van der Waals surface area contributed by atoms with Crippen LogP contribution >= 0.6 is 0 Å². The van der Waals surface area contributed by atoms with Crippen LogP contribution in [0.15, 0.2) is 12.1 Å². The molecule has 1 N–H and O–H groups in total. The zero-order chi connectivity index (χ0) is 10.8. The van der Waals surface area contributed by atoms with Crippen LogP contribution in [-0.4, -0.2) is 10.5 Å². The highest BCUT2D eigenvalue weighted by Crippen LogP contribution is 2.17. The lowest BCUT2D eigenvalue weighted by Gasteiger charge is -2.22. The van der Waals surface area contributed by atoms with Gasteiger partial charge in [0.1, 0.15) is 11.9 Å². The van der Waals surface area contributed by atoms with E-state index in [1.54, 1.807) is 6.07 Å². The van der Waals surface area contributed by atoms with Crippen LogP contribution in [0.25, 0.3) is 0 Å². The van der Waals surface area contributed by atoms with Crippen molar-refractivity contribution in [2.24, 2.45) is 0 Å². The molecule has 0 saturated heterocycles. The normalized spacial score (nSPS) is 10.8. The smallest absolute Gasteiger partial charge is 0.144 e. The minimum atomic E-state index is -0.0770. The fourth-order valence-corrected chi connectivity index (χ4v) is 1.10. The molecule has 3 nitrogen and oxygen atoms in total. The Hall–Kier alpha value is -1.56. The molecule has 0 aliphatic rings. The number of aromatic nitrogens is 1. The summed E-state index contributed by atoms with van der Waals surface area (Å²) < 4.78 is 0. The molecule has 0 saturated carbocycles. The van der Waals surface area contributed by atoms with E-state index in [1.165, 1.54) is 0 Å². The Morgan fingerprint density at radius 1 is 1.36 bits per heavy atom. The van der Waals surface area contributed by atoms with E-state index in [-0.39, 0.29) is 5.54 Å². The molecule has 0 aliphatic carbocycles. The first-order valence-electron chi connectivity index (χ1n) is 4.58. The van der Waals surface area contributed by atoms with E-state index < -0.39 is 0 Å². The van der Waals surface area contributed by atoms with Crippen LogP contribution in [0.4, 0.5) is 5.82 Å². The Balaban J connectivity index is 3.07. The Labute approximate surface area is 84.8 Å². The Morgan fingerprint density at radius 3 is 2.50 bits per heavy atom. The van der Waals surface area contributed by atoms with Gasteiger partial charge in [0.15, 0.2) is 0 Å². The van der Waals surface area contributed by atoms with Crippen molar-refractivity contribution in [1.29, 1.82) is 5.26 Å². The molecule has 0 atom stereocenters. The topological polar surface area (TPSA) is 48.7 Å². The number of rotatable bonds is 1. The Kier molecular flexibility index (Phi) is 2.76. The Bertz CT molecular complexity index is 369. The number of aryl methyl sites for hydroxylation is 1. The maximum Gasteiger partial charge on any atom is 0.144 e. The Morgan fingerprint density at radius 2 is 2.00 bits per heavy atom. The van der Waals surface area contributed by atoms with Gasteiger partial charge < -0.3 is 5.32 Å². The lowest BCUT2D eigenvalue weighted by atomic mass is 10.1. The molecule has 1 rings (SSSR count). The lowest BCUT2D eigenvalue weighted by molar-refractivity contribution is 0.629. The first-order chi connectivity index (χ1) is 6.42. The van der Waals surface area contributed by atoms with E-state index in [9.17, 15) is 0 Å². The molecule has 1 heterocycles. The standard InChI is InChI=1S/C11H15N3/c1-8-5-6-9(7-12)10(13-8)14-11(2,3)4/h5-6H,1-4H3,(H,13,14). The van der Waals surface area contributed by atoms with Gasteiger partial charge >= 0.3 is 0 Å². The summed E-state index contributed by atoms with van der Waals surface area (Å²) in [7, 11) is 0. The third kappa shape index (κ3) is 2.74. The number of nitriles is 1. The van der Waals surface area contributed by atoms with E-state index in [2.05, 4.69) is 16.4 Å². The van der Waals surface area contributed by atoms with Crippen molar-refractivity contribution in [2.75, 3.05) is 5.32 Å². The molecule has 0 bridgehead atoms. The highest BCUT2D eigenvalue weighted by molar-refractivity contribution is 5.53. The monoisotopic (exact) mass is 189 g/mol. The fraction of sp³-hybridized carbons (Fsp3) is 0.455. The number of nitrogens with one attached hydrogen (secondary N) is 1. The van der Waals surface area contributed by atoms with Crippen LogP contribution in [0.1, 0.15) is 32.0 Å². The van der Waals surface area contributed by atoms with E-state index in [0.29, 0.717) is 11.4 Å². The minimum Gasteiger partial charge on any atom is -0.364 e. The van der Waals surface area contributed by atoms with Crippen LogP contribution in [0.3, 0.4) is 0 Å². The predicted molar refractivity (Wildman–Crippen MR) is 57.1 cm³/mol. The number of anilines is 1. The predicted octanol–water partition coefficient (Wildman–Crippen LogP) is 2.47. The van der Waals surface area contributed by atoms with Crippen molar-refractivity contribution in [3.05, 3.63) is 23.4 Å². The van der Waals surface area contributed by atoms with E-state index in [4.69, 9.17) is 5.26 Å². The summed E-state index contributed by atoms with van der Waals surface area (Å²) in [5.41, 5.74) is 1.42. The van der Waals surface area contributed by atoms with Crippen molar-refractivity contribution in [3.63, 3.8) is 0 Å². The summed E-state index contributed by atoms with van der Waals surface area (Å²) in [5.74, 6) is 0.667. The van der Waals surface area contributed by atoms with Crippen LogP contribution < -0.4 is 5.32 Å². The average Bonchev–Trinajstić information content (AvgIpc) is 2.01. The molecule has 0 unspecified atom stereocenters. The molecule has 1 aromatic heterocycles. The second-order valence-electron chi connectivity index (χ2n) is 4.34. The van der Waals surface area contributed by atoms with Crippen molar-refractivity contribution < 1.29 is 0 Å².